The van der Waals surface area contributed by atoms with Crippen LogP contribution >= 0.6 is 35.3 Å². The van der Waals surface area contributed by atoms with Gasteiger partial charge in [-0.1, -0.05) is 11.8 Å². The zero-order chi connectivity index (χ0) is 15.1. The SMILES string of the molecule is CSCCSCCSC(=O)C1CC2CC1C1C3CCC(C3)C21. The average Bonchev–Trinajstić information content (AvgIpc) is 3.28. The highest BCUT2D eigenvalue weighted by atomic mass is 32.2. The van der Waals surface area contributed by atoms with Crippen molar-refractivity contribution in [1.29, 1.82) is 0 Å². The van der Waals surface area contributed by atoms with Crippen LogP contribution in [-0.2, 0) is 4.79 Å². The van der Waals surface area contributed by atoms with E-state index in [1.807, 2.05) is 23.5 Å². The maximum Gasteiger partial charge on any atom is 0.192 e. The van der Waals surface area contributed by atoms with Crippen molar-refractivity contribution in [2.45, 2.75) is 32.1 Å². The molecule has 0 aromatic heterocycles. The number of fused-ring (bicyclic) bond motifs is 9. The first-order chi connectivity index (χ1) is 10.8. The van der Waals surface area contributed by atoms with E-state index in [1.54, 1.807) is 11.8 Å². The summed E-state index contributed by atoms with van der Waals surface area (Å²) < 4.78 is 0. The van der Waals surface area contributed by atoms with Crippen molar-refractivity contribution in [3.63, 3.8) is 0 Å². The number of hydrogen-bond acceptors (Lipinski definition) is 4. The molecule has 0 aromatic carbocycles. The average molecular weight is 357 g/mol. The molecule has 4 rings (SSSR count). The second kappa shape index (κ2) is 6.92. The van der Waals surface area contributed by atoms with Gasteiger partial charge in [-0.05, 0) is 73.9 Å². The lowest BCUT2D eigenvalue weighted by Crippen LogP contribution is -2.35. The van der Waals surface area contributed by atoms with Crippen LogP contribution < -0.4 is 0 Å². The molecule has 7 atom stereocenters. The fraction of sp³-hybridized carbons (Fsp3) is 0.944. The molecule has 0 amide bonds. The van der Waals surface area contributed by atoms with Crippen molar-refractivity contribution in [1.82, 2.24) is 0 Å². The minimum Gasteiger partial charge on any atom is -0.287 e. The lowest BCUT2D eigenvalue weighted by atomic mass is 9.68. The molecular formula is C18H28OS3. The summed E-state index contributed by atoms with van der Waals surface area (Å²) in [6, 6.07) is 0. The van der Waals surface area contributed by atoms with Gasteiger partial charge in [0.1, 0.15) is 0 Å². The van der Waals surface area contributed by atoms with Crippen LogP contribution in [0, 0.1) is 41.4 Å². The third kappa shape index (κ3) is 2.79. The first-order valence-corrected chi connectivity index (χ1v) is 12.6. The highest BCUT2D eigenvalue weighted by Crippen LogP contribution is 2.69. The Balaban J connectivity index is 1.25. The van der Waals surface area contributed by atoms with Gasteiger partial charge in [0.05, 0.1) is 0 Å². The molecular weight excluding hydrogens is 328 g/mol. The molecule has 4 saturated carbocycles. The first-order valence-electron chi connectivity index (χ1n) is 9.03. The van der Waals surface area contributed by atoms with Gasteiger partial charge in [-0.25, -0.2) is 0 Å². The molecule has 4 heteroatoms. The van der Waals surface area contributed by atoms with Gasteiger partial charge < -0.3 is 0 Å². The van der Waals surface area contributed by atoms with E-state index in [-0.39, 0.29) is 0 Å². The molecule has 4 fully saturated rings. The summed E-state index contributed by atoms with van der Waals surface area (Å²) in [6.07, 6.45) is 9.33. The Bertz CT molecular complexity index is 427. The molecule has 4 bridgehead atoms. The lowest BCUT2D eigenvalue weighted by Gasteiger charge is -2.38. The second-order valence-corrected chi connectivity index (χ2v) is 11.1. The topological polar surface area (TPSA) is 17.1 Å². The number of carbonyl (C=O) groups excluding carboxylic acids is 1. The second-order valence-electron chi connectivity index (χ2n) is 7.76. The summed E-state index contributed by atoms with van der Waals surface area (Å²) in [6.45, 7) is 0. The molecule has 22 heavy (non-hydrogen) atoms. The lowest BCUT2D eigenvalue weighted by molar-refractivity contribution is -0.117. The van der Waals surface area contributed by atoms with Gasteiger partial charge in [0, 0.05) is 28.9 Å². The van der Waals surface area contributed by atoms with Crippen LogP contribution in [0.25, 0.3) is 0 Å². The quantitative estimate of drug-likeness (QED) is 0.487. The summed E-state index contributed by atoms with van der Waals surface area (Å²) in [5, 5.41) is 0.555. The van der Waals surface area contributed by atoms with E-state index in [4.69, 9.17) is 0 Å². The Labute approximate surface area is 147 Å². The summed E-state index contributed by atoms with van der Waals surface area (Å²) in [5.41, 5.74) is 0. The number of thioether (sulfide) groups is 3. The molecule has 0 aliphatic heterocycles. The maximum absolute atomic E-state index is 12.7. The van der Waals surface area contributed by atoms with Gasteiger partial charge in [0.15, 0.2) is 5.12 Å². The standard InChI is InChI=1S/C18H28OS3/c1-20-4-5-21-6-7-22-18(19)15-10-13-9-14(15)17-12-3-2-11(8-12)16(13)17/h11-17H,2-10H2,1H3. The van der Waals surface area contributed by atoms with Crippen LogP contribution in [0.4, 0.5) is 0 Å². The van der Waals surface area contributed by atoms with E-state index >= 15 is 0 Å². The third-order valence-electron chi connectivity index (χ3n) is 6.94. The number of carbonyl (C=O) groups is 1. The van der Waals surface area contributed by atoms with Crippen LogP contribution in [-0.4, -0.2) is 34.4 Å². The van der Waals surface area contributed by atoms with Crippen molar-refractivity contribution in [3.8, 4) is 0 Å². The smallest absolute Gasteiger partial charge is 0.192 e. The first kappa shape index (κ1) is 16.2. The van der Waals surface area contributed by atoms with Gasteiger partial charge in [-0.15, -0.1) is 0 Å². The Kier molecular flexibility index (Phi) is 5.09. The third-order valence-corrected chi connectivity index (χ3v) is 10.1. The summed E-state index contributed by atoms with van der Waals surface area (Å²) in [4.78, 5) is 12.7. The largest absolute Gasteiger partial charge is 0.287 e. The predicted molar refractivity (Wildman–Crippen MR) is 101 cm³/mol. The van der Waals surface area contributed by atoms with E-state index in [1.165, 1.54) is 43.6 Å². The van der Waals surface area contributed by atoms with Crippen molar-refractivity contribution in [2.24, 2.45) is 41.4 Å². The van der Waals surface area contributed by atoms with Crippen LogP contribution in [0.3, 0.4) is 0 Å². The van der Waals surface area contributed by atoms with Gasteiger partial charge in [0.25, 0.3) is 0 Å². The van der Waals surface area contributed by atoms with Crippen LogP contribution in [0.2, 0.25) is 0 Å². The summed E-state index contributed by atoms with van der Waals surface area (Å²) >= 11 is 5.58. The van der Waals surface area contributed by atoms with Crippen molar-refractivity contribution in [3.05, 3.63) is 0 Å². The van der Waals surface area contributed by atoms with Crippen molar-refractivity contribution >= 4 is 40.4 Å². The van der Waals surface area contributed by atoms with Crippen molar-refractivity contribution in [2.75, 3.05) is 29.3 Å². The Morgan fingerprint density at radius 1 is 0.909 bits per heavy atom. The highest BCUT2D eigenvalue weighted by molar-refractivity contribution is 8.14. The van der Waals surface area contributed by atoms with E-state index in [0.29, 0.717) is 11.0 Å². The van der Waals surface area contributed by atoms with E-state index in [9.17, 15) is 4.79 Å². The molecule has 1 nitrogen and oxygen atoms in total. The summed E-state index contributed by atoms with van der Waals surface area (Å²) in [7, 11) is 0. The van der Waals surface area contributed by atoms with Crippen LogP contribution in [0.1, 0.15) is 32.1 Å². The minimum absolute atomic E-state index is 0.437. The normalized spacial score (nSPS) is 44.7. The molecule has 0 N–H and O–H groups in total. The Hall–Kier alpha value is 0.720. The van der Waals surface area contributed by atoms with Crippen LogP contribution in [0.5, 0.6) is 0 Å². The number of rotatable bonds is 7. The molecule has 4 aliphatic carbocycles. The molecule has 0 heterocycles. The van der Waals surface area contributed by atoms with E-state index in [2.05, 4.69) is 6.26 Å². The van der Waals surface area contributed by atoms with E-state index < -0.39 is 0 Å². The molecule has 4 aliphatic rings. The zero-order valence-electron chi connectivity index (χ0n) is 13.5. The monoisotopic (exact) mass is 356 g/mol. The van der Waals surface area contributed by atoms with Crippen molar-refractivity contribution < 1.29 is 4.79 Å². The van der Waals surface area contributed by atoms with Gasteiger partial charge in [0.2, 0.25) is 0 Å². The van der Waals surface area contributed by atoms with Crippen LogP contribution in [0.15, 0.2) is 0 Å². The molecule has 0 radical (unpaired) electrons. The fourth-order valence-corrected chi connectivity index (χ4v) is 9.22. The summed E-state index contributed by atoms with van der Waals surface area (Å²) in [5.74, 6) is 10.9. The fourth-order valence-electron chi connectivity index (χ4n) is 6.39. The molecule has 0 spiro atoms. The zero-order valence-corrected chi connectivity index (χ0v) is 16.0. The molecule has 0 aromatic rings. The maximum atomic E-state index is 12.7. The van der Waals surface area contributed by atoms with E-state index in [0.717, 1.165) is 47.0 Å². The Morgan fingerprint density at radius 3 is 2.50 bits per heavy atom. The minimum atomic E-state index is 0.437. The number of hydrogen-bond donors (Lipinski definition) is 0. The van der Waals surface area contributed by atoms with Gasteiger partial charge >= 0.3 is 0 Å². The molecule has 7 unspecified atom stereocenters. The Morgan fingerprint density at radius 2 is 1.68 bits per heavy atom. The highest BCUT2D eigenvalue weighted by Gasteiger charge is 2.63. The molecule has 124 valence electrons. The predicted octanol–water partition coefficient (Wildman–Crippen LogP) is 4.66. The van der Waals surface area contributed by atoms with Gasteiger partial charge in [-0.2, -0.15) is 23.5 Å². The van der Waals surface area contributed by atoms with Gasteiger partial charge in [-0.3, -0.25) is 4.79 Å². The molecule has 0 saturated heterocycles.